The third-order valence-corrected chi connectivity index (χ3v) is 3.94. The summed E-state index contributed by atoms with van der Waals surface area (Å²) in [5, 5.41) is 13.6. The van der Waals surface area contributed by atoms with Gasteiger partial charge in [0, 0.05) is 23.2 Å². The Balaban J connectivity index is 1.90. The topological polar surface area (TPSA) is 45.2 Å². The van der Waals surface area contributed by atoms with Crippen molar-refractivity contribution in [2.24, 2.45) is 0 Å². The van der Waals surface area contributed by atoms with Crippen molar-refractivity contribution < 1.29 is 5.11 Å². The van der Waals surface area contributed by atoms with Gasteiger partial charge in [-0.2, -0.15) is 0 Å². The van der Waals surface area contributed by atoms with Crippen molar-refractivity contribution >= 4 is 11.3 Å². The van der Waals surface area contributed by atoms with Gasteiger partial charge in [0.15, 0.2) is 0 Å². The zero-order valence-corrected chi connectivity index (χ0v) is 12.2. The lowest BCUT2D eigenvalue weighted by molar-refractivity contribution is 0.183. The summed E-state index contributed by atoms with van der Waals surface area (Å²) in [7, 11) is 0. The summed E-state index contributed by atoms with van der Waals surface area (Å²) >= 11 is 1.71. The molecule has 3 nitrogen and oxygen atoms in total. The summed E-state index contributed by atoms with van der Waals surface area (Å²) < 4.78 is 0. The van der Waals surface area contributed by atoms with E-state index < -0.39 is 0 Å². The van der Waals surface area contributed by atoms with E-state index in [9.17, 15) is 5.11 Å². The number of aryl methyl sites for hydroxylation is 1. The molecule has 1 aromatic carbocycles. The summed E-state index contributed by atoms with van der Waals surface area (Å²) in [5.74, 6) is 0. The normalized spacial score (nSPS) is 12.6. The van der Waals surface area contributed by atoms with Gasteiger partial charge in [0.2, 0.25) is 0 Å². The number of benzene rings is 1. The zero-order valence-electron chi connectivity index (χ0n) is 11.4. The number of aliphatic hydroxyl groups is 1. The van der Waals surface area contributed by atoms with Gasteiger partial charge in [0.25, 0.3) is 0 Å². The molecule has 1 atom stereocenters. The summed E-state index contributed by atoms with van der Waals surface area (Å²) in [5.41, 5.74) is 2.44. The van der Waals surface area contributed by atoms with E-state index in [1.165, 1.54) is 16.0 Å². The minimum absolute atomic E-state index is 0.239. The van der Waals surface area contributed by atoms with Gasteiger partial charge < -0.3 is 10.4 Å². The number of hydrogen-bond donors (Lipinski definition) is 2. The number of thiazole rings is 1. The van der Waals surface area contributed by atoms with Crippen LogP contribution in [0.1, 0.15) is 23.8 Å². The van der Waals surface area contributed by atoms with Crippen molar-refractivity contribution in [3.05, 3.63) is 40.9 Å². The van der Waals surface area contributed by atoms with Crippen LogP contribution in [0.25, 0.3) is 10.6 Å². The van der Waals surface area contributed by atoms with E-state index in [0.29, 0.717) is 0 Å². The average Bonchev–Trinajstić information content (AvgIpc) is 2.84. The van der Waals surface area contributed by atoms with Crippen LogP contribution < -0.4 is 5.32 Å². The van der Waals surface area contributed by atoms with Gasteiger partial charge >= 0.3 is 0 Å². The second-order valence-electron chi connectivity index (χ2n) is 4.81. The summed E-state index contributed by atoms with van der Waals surface area (Å²) in [6, 6.07) is 8.44. The SMILES string of the molecule is Cc1ccc(-c2ncc(CNCCC(C)O)s2)cc1. The molecule has 4 heteroatoms. The zero-order chi connectivity index (χ0) is 13.7. The van der Waals surface area contributed by atoms with Crippen LogP contribution in [0, 0.1) is 6.92 Å². The molecule has 19 heavy (non-hydrogen) atoms. The molecule has 0 aliphatic carbocycles. The molecule has 0 saturated carbocycles. The first-order chi connectivity index (χ1) is 9.15. The van der Waals surface area contributed by atoms with Gasteiger partial charge in [-0.3, -0.25) is 0 Å². The maximum absolute atomic E-state index is 9.17. The van der Waals surface area contributed by atoms with Crippen molar-refractivity contribution in [2.75, 3.05) is 6.54 Å². The van der Waals surface area contributed by atoms with Crippen molar-refractivity contribution in [2.45, 2.75) is 32.9 Å². The number of nitrogens with one attached hydrogen (secondary N) is 1. The van der Waals surface area contributed by atoms with E-state index in [4.69, 9.17) is 0 Å². The maximum Gasteiger partial charge on any atom is 0.123 e. The molecule has 0 bridgehead atoms. The van der Waals surface area contributed by atoms with E-state index in [2.05, 4.69) is 41.5 Å². The first-order valence-corrected chi connectivity index (χ1v) is 7.37. The van der Waals surface area contributed by atoms with Gasteiger partial charge in [0.1, 0.15) is 5.01 Å². The van der Waals surface area contributed by atoms with Gasteiger partial charge in [-0.05, 0) is 26.8 Å². The largest absolute Gasteiger partial charge is 0.393 e. The predicted octanol–water partition coefficient (Wildman–Crippen LogP) is 2.98. The van der Waals surface area contributed by atoms with Gasteiger partial charge in [-0.15, -0.1) is 11.3 Å². The molecule has 0 spiro atoms. The summed E-state index contributed by atoms with van der Waals surface area (Å²) in [4.78, 5) is 5.68. The van der Waals surface area contributed by atoms with E-state index in [1.807, 2.05) is 13.1 Å². The molecule has 0 fully saturated rings. The molecule has 0 saturated heterocycles. The quantitative estimate of drug-likeness (QED) is 0.797. The lowest BCUT2D eigenvalue weighted by atomic mass is 10.2. The second kappa shape index (κ2) is 6.80. The highest BCUT2D eigenvalue weighted by atomic mass is 32.1. The fourth-order valence-electron chi connectivity index (χ4n) is 1.74. The van der Waals surface area contributed by atoms with Crippen molar-refractivity contribution in [3.63, 3.8) is 0 Å². The Morgan fingerprint density at radius 2 is 2.05 bits per heavy atom. The highest BCUT2D eigenvalue weighted by Crippen LogP contribution is 2.25. The minimum Gasteiger partial charge on any atom is -0.393 e. The first-order valence-electron chi connectivity index (χ1n) is 6.55. The molecule has 1 unspecified atom stereocenters. The molecule has 1 heterocycles. The average molecular weight is 276 g/mol. The van der Waals surface area contributed by atoms with Crippen LogP contribution in [0.5, 0.6) is 0 Å². The van der Waals surface area contributed by atoms with E-state index in [-0.39, 0.29) is 6.10 Å². The van der Waals surface area contributed by atoms with E-state index >= 15 is 0 Å². The Kier molecular flexibility index (Phi) is 5.07. The number of nitrogens with zero attached hydrogens (tertiary/aromatic N) is 1. The van der Waals surface area contributed by atoms with Gasteiger partial charge in [-0.25, -0.2) is 4.98 Å². The number of aliphatic hydroxyl groups excluding tert-OH is 1. The van der Waals surface area contributed by atoms with E-state index in [1.54, 1.807) is 11.3 Å². The molecule has 0 amide bonds. The Morgan fingerprint density at radius 3 is 2.74 bits per heavy atom. The van der Waals surface area contributed by atoms with Crippen LogP contribution in [-0.4, -0.2) is 22.7 Å². The molecule has 1 aromatic heterocycles. The van der Waals surface area contributed by atoms with Crippen molar-refractivity contribution in [1.29, 1.82) is 0 Å². The lowest BCUT2D eigenvalue weighted by Gasteiger charge is -2.04. The third-order valence-electron chi connectivity index (χ3n) is 2.89. The monoisotopic (exact) mass is 276 g/mol. The van der Waals surface area contributed by atoms with Crippen molar-refractivity contribution in [1.82, 2.24) is 10.3 Å². The molecule has 0 aliphatic rings. The number of aromatic nitrogens is 1. The van der Waals surface area contributed by atoms with Gasteiger partial charge in [0.05, 0.1) is 6.10 Å². The van der Waals surface area contributed by atoms with Crippen LogP contribution in [0.2, 0.25) is 0 Å². The molecule has 0 radical (unpaired) electrons. The van der Waals surface area contributed by atoms with Crippen LogP contribution in [-0.2, 0) is 6.54 Å². The molecular formula is C15H20N2OS. The molecule has 0 aliphatic heterocycles. The lowest BCUT2D eigenvalue weighted by Crippen LogP contribution is -2.17. The molecule has 2 aromatic rings. The second-order valence-corrected chi connectivity index (χ2v) is 5.93. The molecule has 2 rings (SSSR count). The highest BCUT2D eigenvalue weighted by Gasteiger charge is 2.04. The predicted molar refractivity (Wildman–Crippen MR) is 80.3 cm³/mol. The summed E-state index contributed by atoms with van der Waals surface area (Å²) in [6.45, 7) is 5.54. The smallest absolute Gasteiger partial charge is 0.123 e. The Bertz CT molecular complexity index is 505. The minimum atomic E-state index is -0.239. The Labute approximate surface area is 118 Å². The fourth-order valence-corrected chi connectivity index (χ4v) is 2.63. The Hall–Kier alpha value is -1.23. The number of rotatable bonds is 6. The fraction of sp³-hybridized carbons (Fsp3) is 0.400. The van der Waals surface area contributed by atoms with Crippen LogP contribution in [0.15, 0.2) is 30.5 Å². The van der Waals surface area contributed by atoms with Crippen molar-refractivity contribution in [3.8, 4) is 10.6 Å². The molecule has 2 N–H and O–H groups in total. The molecular weight excluding hydrogens is 256 g/mol. The standard InChI is InChI=1S/C15H20N2OS/c1-11-3-5-13(6-4-11)15-17-10-14(19-15)9-16-8-7-12(2)18/h3-6,10,12,16,18H,7-9H2,1-2H3. The van der Waals surface area contributed by atoms with Gasteiger partial charge in [-0.1, -0.05) is 29.8 Å². The van der Waals surface area contributed by atoms with Crippen LogP contribution in [0.4, 0.5) is 0 Å². The maximum atomic E-state index is 9.17. The highest BCUT2D eigenvalue weighted by molar-refractivity contribution is 7.15. The number of hydrogen-bond acceptors (Lipinski definition) is 4. The Morgan fingerprint density at radius 1 is 1.32 bits per heavy atom. The molecule has 102 valence electrons. The van der Waals surface area contributed by atoms with E-state index in [0.717, 1.165) is 24.5 Å². The summed E-state index contributed by atoms with van der Waals surface area (Å²) in [6.07, 6.45) is 2.47. The van der Waals surface area contributed by atoms with Crippen LogP contribution >= 0.6 is 11.3 Å². The first kappa shape index (κ1) is 14.2. The third kappa shape index (κ3) is 4.42. The van der Waals surface area contributed by atoms with Crippen LogP contribution in [0.3, 0.4) is 0 Å².